The van der Waals surface area contributed by atoms with Gasteiger partial charge in [-0.1, -0.05) is 17.7 Å². The van der Waals surface area contributed by atoms with E-state index in [1.54, 1.807) is 6.08 Å². The third kappa shape index (κ3) is 4.30. The highest BCUT2D eigenvalue weighted by atomic mass is 16.4. The van der Waals surface area contributed by atoms with Crippen molar-refractivity contribution in [2.45, 2.75) is 32.7 Å². The Bertz CT molecular complexity index is 269. The SMILES string of the molecule is CC(C)N1CCC(=C/C=C/C(=O)O)CC1. The number of likely N-dealkylation sites (tertiary alicyclic amines) is 1. The zero-order valence-electron chi connectivity index (χ0n) is 9.44. The zero-order chi connectivity index (χ0) is 11.3. The van der Waals surface area contributed by atoms with Crippen LogP contribution in [0.2, 0.25) is 0 Å². The summed E-state index contributed by atoms with van der Waals surface area (Å²) in [5.74, 6) is -0.883. The number of hydrogen-bond donors (Lipinski definition) is 1. The summed E-state index contributed by atoms with van der Waals surface area (Å²) < 4.78 is 0. The second kappa shape index (κ2) is 5.71. The minimum atomic E-state index is -0.883. The highest BCUT2D eigenvalue weighted by Crippen LogP contribution is 2.17. The van der Waals surface area contributed by atoms with Crippen molar-refractivity contribution in [3.63, 3.8) is 0 Å². The van der Waals surface area contributed by atoms with Crippen molar-refractivity contribution in [2.24, 2.45) is 0 Å². The molecular weight excluding hydrogens is 190 g/mol. The molecule has 0 aromatic heterocycles. The Kier molecular flexibility index (Phi) is 4.56. The topological polar surface area (TPSA) is 40.5 Å². The normalized spacial score (nSPS) is 18.7. The van der Waals surface area contributed by atoms with Crippen LogP contribution in [-0.4, -0.2) is 35.1 Å². The summed E-state index contributed by atoms with van der Waals surface area (Å²) in [6, 6.07) is 0.612. The van der Waals surface area contributed by atoms with E-state index < -0.39 is 5.97 Å². The van der Waals surface area contributed by atoms with Crippen molar-refractivity contribution >= 4 is 5.97 Å². The van der Waals surface area contributed by atoms with Crippen molar-refractivity contribution < 1.29 is 9.90 Å². The fourth-order valence-corrected chi connectivity index (χ4v) is 1.76. The van der Waals surface area contributed by atoms with E-state index in [-0.39, 0.29) is 0 Å². The molecular formula is C12H19NO2. The average molecular weight is 209 g/mol. The van der Waals surface area contributed by atoms with E-state index in [0.29, 0.717) is 6.04 Å². The lowest BCUT2D eigenvalue weighted by molar-refractivity contribution is -0.131. The van der Waals surface area contributed by atoms with E-state index in [1.165, 1.54) is 11.6 Å². The van der Waals surface area contributed by atoms with E-state index in [1.807, 2.05) is 6.08 Å². The van der Waals surface area contributed by atoms with Gasteiger partial charge in [0.1, 0.15) is 0 Å². The molecule has 0 unspecified atom stereocenters. The number of allylic oxidation sites excluding steroid dienone is 2. The molecule has 1 aliphatic rings. The van der Waals surface area contributed by atoms with Gasteiger partial charge >= 0.3 is 5.97 Å². The Morgan fingerprint density at radius 1 is 1.40 bits per heavy atom. The Hall–Kier alpha value is -1.09. The molecule has 1 rings (SSSR count). The molecule has 0 aromatic carbocycles. The number of carboxylic acid groups (broad SMARTS) is 1. The standard InChI is InChI=1S/C12H19NO2/c1-10(2)13-8-6-11(7-9-13)4-3-5-12(14)15/h3-5,10H,6-9H2,1-2H3,(H,14,15)/b5-3+. The van der Waals surface area contributed by atoms with Crippen LogP contribution in [0.3, 0.4) is 0 Å². The lowest BCUT2D eigenvalue weighted by atomic mass is 10.0. The maximum absolute atomic E-state index is 10.3. The summed E-state index contributed by atoms with van der Waals surface area (Å²) in [4.78, 5) is 12.7. The van der Waals surface area contributed by atoms with Crippen molar-refractivity contribution in [1.29, 1.82) is 0 Å². The highest BCUT2D eigenvalue weighted by Gasteiger charge is 2.15. The van der Waals surface area contributed by atoms with Crippen molar-refractivity contribution in [1.82, 2.24) is 4.90 Å². The number of hydrogen-bond acceptors (Lipinski definition) is 2. The number of rotatable bonds is 3. The first kappa shape index (κ1) is 12.0. The molecule has 15 heavy (non-hydrogen) atoms. The number of piperidine rings is 1. The van der Waals surface area contributed by atoms with Gasteiger partial charge in [0.05, 0.1) is 0 Å². The van der Waals surface area contributed by atoms with Crippen LogP contribution in [0.15, 0.2) is 23.8 Å². The van der Waals surface area contributed by atoms with Gasteiger partial charge in [-0.2, -0.15) is 0 Å². The quantitative estimate of drug-likeness (QED) is 0.723. The average Bonchev–Trinajstić information content (AvgIpc) is 2.18. The van der Waals surface area contributed by atoms with Gasteiger partial charge in [-0.25, -0.2) is 4.79 Å². The molecule has 0 saturated carbocycles. The van der Waals surface area contributed by atoms with E-state index in [4.69, 9.17) is 5.11 Å². The van der Waals surface area contributed by atoms with Crippen molar-refractivity contribution in [3.05, 3.63) is 23.8 Å². The van der Waals surface area contributed by atoms with Crippen LogP contribution < -0.4 is 0 Å². The van der Waals surface area contributed by atoms with Gasteiger partial charge in [0.25, 0.3) is 0 Å². The molecule has 0 aromatic rings. The number of aliphatic carboxylic acids is 1. The largest absolute Gasteiger partial charge is 0.478 e. The number of carbonyl (C=O) groups is 1. The molecule has 0 aliphatic carbocycles. The molecule has 1 saturated heterocycles. The van der Waals surface area contributed by atoms with Crippen LogP contribution in [-0.2, 0) is 4.79 Å². The summed E-state index contributed by atoms with van der Waals surface area (Å²) in [6.45, 7) is 6.59. The Morgan fingerprint density at radius 3 is 2.47 bits per heavy atom. The highest BCUT2D eigenvalue weighted by molar-refractivity contribution is 5.80. The first-order chi connectivity index (χ1) is 7.09. The summed E-state index contributed by atoms with van der Waals surface area (Å²) >= 11 is 0. The van der Waals surface area contributed by atoms with Crippen LogP contribution in [0.5, 0.6) is 0 Å². The molecule has 0 spiro atoms. The molecule has 84 valence electrons. The van der Waals surface area contributed by atoms with E-state index in [0.717, 1.165) is 25.9 Å². The van der Waals surface area contributed by atoms with Gasteiger partial charge in [0, 0.05) is 25.2 Å². The summed E-state index contributed by atoms with van der Waals surface area (Å²) in [5, 5.41) is 8.43. The maximum Gasteiger partial charge on any atom is 0.328 e. The van der Waals surface area contributed by atoms with E-state index in [2.05, 4.69) is 18.7 Å². The van der Waals surface area contributed by atoms with Gasteiger partial charge in [-0.05, 0) is 26.7 Å². The number of carboxylic acids is 1. The molecule has 1 aliphatic heterocycles. The Balaban J connectivity index is 2.40. The van der Waals surface area contributed by atoms with Gasteiger partial charge < -0.3 is 10.0 Å². The van der Waals surface area contributed by atoms with Crippen LogP contribution >= 0.6 is 0 Å². The molecule has 0 bridgehead atoms. The molecule has 3 heteroatoms. The van der Waals surface area contributed by atoms with Crippen LogP contribution in [0.4, 0.5) is 0 Å². The second-order valence-corrected chi connectivity index (χ2v) is 4.15. The predicted molar refractivity (Wildman–Crippen MR) is 60.8 cm³/mol. The van der Waals surface area contributed by atoms with Gasteiger partial charge in [0.15, 0.2) is 0 Å². The Labute approximate surface area is 91.1 Å². The van der Waals surface area contributed by atoms with Crippen LogP contribution in [0.25, 0.3) is 0 Å². The molecule has 1 fully saturated rings. The van der Waals surface area contributed by atoms with Crippen LogP contribution in [0, 0.1) is 0 Å². The molecule has 3 nitrogen and oxygen atoms in total. The third-order valence-electron chi connectivity index (χ3n) is 2.74. The smallest absolute Gasteiger partial charge is 0.328 e. The molecule has 1 N–H and O–H groups in total. The van der Waals surface area contributed by atoms with Crippen molar-refractivity contribution in [2.75, 3.05) is 13.1 Å². The van der Waals surface area contributed by atoms with Gasteiger partial charge in [0.2, 0.25) is 0 Å². The summed E-state index contributed by atoms with van der Waals surface area (Å²) in [6.07, 6.45) is 6.86. The van der Waals surface area contributed by atoms with Crippen molar-refractivity contribution in [3.8, 4) is 0 Å². The van der Waals surface area contributed by atoms with Gasteiger partial charge in [-0.3, -0.25) is 0 Å². The minimum Gasteiger partial charge on any atom is -0.478 e. The third-order valence-corrected chi connectivity index (χ3v) is 2.74. The molecule has 0 atom stereocenters. The van der Waals surface area contributed by atoms with Crippen LogP contribution in [0.1, 0.15) is 26.7 Å². The Morgan fingerprint density at radius 2 is 2.00 bits per heavy atom. The maximum atomic E-state index is 10.3. The fourth-order valence-electron chi connectivity index (χ4n) is 1.76. The predicted octanol–water partition coefficient (Wildman–Crippen LogP) is 2.06. The lowest BCUT2D eigenvalue weighted by Crippen LogP contribution is -2.36. The van der Waals surface area contributed by atoms with Gasteiger partial charge in [-0.15, -0.1) is 0 Å². The van der Waals surface area contributed by atoms with E-state index in [9.17, 15) is 4.79 Å². The lowest BCUT2D eigenvalue weighted by Gasteiger charge is -2.31. The fraction of sp³-hybridized carbons (Fsp3) is 0.583. The molecule has 1 heterocycles. The first-order valence-corrected chi connectivity index (χ1v) is 5.42. The monoisotopic (exact) mass is 209 g/mol. The number of nitrogens with zero attached hydrogens (tertiary/aromatic N) is 1. The summed E-state index contributed by atoms with van der Waals surface area (Å²) in [5.41, 5.74) is 1.35. The van der Waals surface area contributed by atoms with E-state index >= 15 is 0 Å². The zero-order valence-corrected chi connectivity index (χ0v) is 9.44. The molecule has 0 amide bonds. The first-order valence-electron chi connectivity index (χ1n) is 5.42. The summed E-state index contributed by atoms with van der Waals surface area (Å²) in [7, 11) is 0. The minimum absolute atomic E-state index is 0.612. The second-order valence-electron chi connectivity index (χ2n) is 4.15. The molecule has 0 radical (unpaired) electrons.